The van der Waals surface area contributed by atoms with Crippen LogP contribution in [0.1, 0.15) is 35.7 Å². The van der Waals surface area contributed by atoms with Crippen LogP contribution < -0.4 is 0 Å². The van der Waals surface area contributed by atoms with E-state index in [1.165, 1.54) is 17.7 Å². The van der Waals surface area contributed by atoms with Crippen LogP contribution in [0.4, 0.5) is 4.39 Å². The first kappa shape index (κ1) is 21.6. The fraction of sp³-hybridized carbons (Fsp3) is 0.458. The highest BCUT2D eigenvalue weighted by Crippen LogP contribution is 2.14. The van der Waals surface area contributed by atoms with Gasteiger partial charge in [-0.3, -0.25) is 9.69 Å². The van der Waals surface area contributed by atoms with Crippen molar-refractivity contribution in [2.75, 3.05) is 39.3 Å². The molecule has 2 aromatic rings. The number of carbonyl (C=O) groups excluding carboxylic acids is 1. The van der Waals surface area contributed by atoms with E-state index in [1.54, 1.807) is 12.1 Å². The predicted octanol–water partition coefficient (Wildman–Crippen LogP) is 4.01. The van der Waals surface area contributed by atoms with E-state index in [-0.39, 0.29) is 17.8 Å². The molecule has 1 aliphatic rings. The van der Waals surface area contributed by atoms with Crippen molar-refractivity contribution in [3.8, 4) is 0 Å². The monoisotopic (exact) mass is 398 g/mol. The summed E-state index contributed by atoms with van der Waals surface area (Å²) in [5.74, 6) is -0.222. The molecule has 1 unspecified atom stereocenters. The molecule has 0 aromatic heterocycles. The highest BCUT2D eigenvalue weighted by atomic mass is 19.1. The minimum atomic E-state index is -0.308. The van der Waals surface area contributed by atoms with Gasteiger partial charge in [-0.25, -0.2) is 4.39 Å². The first-order chi connectivity index (χ1) is 14.2. The third-order valence-electron chi connectivity index (χ3n) is 5.47. The number of hydrogen-bond acceptors (Lipinski definition) is 4. The Bertz CT molecular complexity index is 743. The summed E-state index contributed by atoms with van der Waals surface area (Å²) < 4.78 is 19.0. The summed E-state index contributed by atoms with van der Waals surface area (Å²) in [4.78, 5) is 17.1. The number of benzene rings is 2. The maximum absolute atomic E-state index is 13.0. The molecule has 1 saturated heterocycles. The van der Waals surface area contributed by atoms with E-state index in [1.807, 2.05) is 13.0 Å². The molecule has 1 fully saturated rings. The van der Waals surface area contributed by atoms with Crippen molar-refractivity contribution in [2.45, 2.75) is 32.4 Å². The first-order valence-electron chi connectivity index (χ1n) is 10.6. The van der Waals surface area contributed by atoms with E-state index in [2.05, 4.69) is 34.1 Å². The lowest BCUT2D eigenvalue weighted by Gasteiger charge is -2.39. The second-order valence-corrected chi connectivity index (χ2v) is 7.51. The zero-order valence-corrected chi connectivity index (χ0v) is 17.2. The van der Waals surface area contributed by atoms with Gasteiger partial charge < -0.3 is 9.64 Å². The van der Waals surface area contributed by atoms with Crippen molar-refractivity contribution in [3.05, 3.63) is 71.5 Å². The Hall–Kier alpha value is -2.08. The van der Waals surface area contributed by atoms with Crippen LogP contribution in [0, 0.1) is 5.82 Å². The van der Waals surface area contributed by atoms with E-state index in [0.29, 0.717) is 18.6 Å². The summed E-state index contributed by atoms with van der Waals surface area (Å²) in [5, 5.41) is 0. The lowest BCUT2D eigenvalue weighted by Crippen LogP contribution is -2.51. The Kier molecular flexibility index (Phi) is 8.35. The van der Waals surface area contributed by atoms with Gasteiger partial charge in [0.25, 0.3) is 0 Å². The number of halogens is 1. The normalized spacial score (nSPS) is 16.6. The summed E-state index contributed by atoms with van der Waals surface area (Å²) >= 11 is 0. The van der Waals surface area contributed by atoms with Crippen LogP contribution in [-0.4, -0.2) is 61.1 Å². The number of carbonyl (C=O) groups is 1. The van der Waals surface area contributed by atoms with Crippen molar-refractivity contribution < 1.29 is 13.9 Å². The van der Waals surface area contributed by atoms with Gasteiger partial charge in [0.15, 0.2) is 5.78 Å². The van der Waals surface area contributed by atoms with Crippen molar-refractivity contribution in [1.82, 2.24) is 9.80 Å². The average Bonchev–Trinajstić information content (AvgIpc) is 2.75. The molecule has 1 aliphatic heterocycles. The average molecular weight is 399 g/mol. The molecule has 4 nitrogen and oxygen atoms in total. The third-order valence-corrected chi connectivity index (χ3v) is 5.47. The maximum Gasteiger partial charge on any atom is 0.162 e. The minimum absolute atomic E-state index is 0.0860. The Balaban J connectivity index is 1.40. The fourth-order valence-electron chi connectivity index (χ4n) is 3.82. The molecular weight excluding hydrogens is 367 g/mol. The van der Waals surface area contributed by atoms with Gasteiger partial charge in [0, 0.05) is 51.2 Å². The third kappa shape index (κ3) is 6.74. The van der Waals surface area contributed by atoms with Crippen LogP contribution in [-0.2, 0) is 11.2 Å². The van der Waals surface area contributed by atoms with Crippen LogP contribution in [0.2, 0.25) is 0 Å². The topological polar surface area (TPSA) is 32.8 Å². The van der Waals surface area contributed by atoms with Crippen molar-refractivity contribution in [1.29, 1.82) is 0 Å². The first-order valence-corrected chi connectivity index (χ1v) is 10.6. The second kappa shape index (κ2) is 11.2. The number of hydrogen-bond donors (Lipinski definition) is 0. The van der Waals surface area contributed by atoms with Gasteiger partial charge in [-0.1, -0.05) is 30.3 Å². The van der Waals surface area contributed by atoms with Crippen LogP contribution in [0.15, 0.2) is 54.6 Å². The number of piperazine rings is 1. The molecule has 0 saturated carbocycles. The molecule has 0 N–H and O–H groups in total. The molecule has 0 radical (unpaired) electrons. The van der Waals surface area contributed by atoms with E-state index in [0.717, 1.165) is 45.6 Å². The molecule has 3 rings (SSSR count). The Morgan fingerprint density at radius 2 is 1.72 bits per heavy atom. The lowest BCUT2D eigenvalue weighted by molar-refractivity contribution is -0.0712. The largest absolute Gasteiger partial charge is 0.363 e. The highest BCUT2D eigenvalue weighted by molar-refractivity contribution is 5.95. The zero-order valence-electron chi connectivity index (χ0n) is 17.2. The smallest absolute Gasteiger partial charge is 0.162 e. The molecule has 156 valence electrons. The summed E-state index contributed by atoms with van der Waals surface area (Å²) in [6.07, 6.45) is 2.35. The zero-order chi connectivity index (χ0) is 20.5. The Labute approximate surface area is 173 Å². The molecule has 0 amide bonds. The molecule has 0 spiro atoms. The van der Waals surface area contributed by atoms with E-state index in [4.69, 9.17) is 4.74 Å². The van der Waals surface area contributed by atoms with Gasteiger partial charge in [0.2, 0.25) is 0 Å². The van der Waals surface area contributed by atoms with Gasteiger partial charge in [-0.2, -0.15) is 0 Å². The number of rotatable bonds is 10. The van der Waals surface area contributed by atoms with Crippen molar-refractivity contribution in [2.24, 2.45) is 0 Å². The minimum Gasteiger partial charge on any atom is -0.363 e. The fourth-order valence-corrected chi connectivity index (χ4v) is 3.82. The molecule has 5 heteroatoms. The van der Waals surface area contributed by atoms with Crippen molar-refractivity contribution in [3.63, 3.8) is 0 Å². The standard InChI is InChI=1S/C24H31FN2O2/c1-2-29-24(19-20-7-4-3-5-8-20)27-17-15-26(16-18-27)14-6-9-23(28)21-10-12-22(25)13-11-21/h3-5,7-8,10-13,24H,2,6,9,14-19H2,1H3. The number of ether oxygens (including phenoxy) is 1. The second-order valence-electron chi connectivity index (χ2n) is 7.51. The number of Topliss-reactive ketones (excluding diaryl/α,β-unsaturated/α-hetero) is 1. The molecule has 1 heterocycles. The highest BCUT2D eigenvalue weighted by Gasteiger charge is 2.24. The van der Waals surface area contributed by atoms with Gasteiger partial charge in [-0.05, 0) is 49.7 Å². The van der Waals surface area contributed by atoms with E-state index < -0.39 is 0 Å². The molecule has 2 aromatic carbocycles. The quantitative estimate of drug-likeness (QED) is 0.566. The van der Waals surface area contributed by atoms with Gasteiger partial charge in [0.1, 0.15) is 12.0 Å². The van der Waals surface area contributed by atoms with Crippen LogP contribution in [0.25, 0.3) is 0 Å². The Morgan fingerprint density at radius 1 is 1.03 bits per heavy atom. The molecule has 0 aliphatic carbocycles. The summed E-state index contributed by atoms with van der Waals surface area (Å²) in [7, 11) is 0. The van der Waals surface area contributed by atoms with Crippen LogP contribution >= 0.6 is 0 Å². The van der Waals surface area contributed by atoms with Gasteiger partial charge in [-0.15, -0.1) is 0 Å². The Morgan fingerprint density at radius 3 is 2.38 bits per heavy atom. The summed E-state index contributed by atoms with van der Waals surface area (Å²) in [6, 6.07) is 16.3. The number of nitrogens with zero attached hydrogens (tertiary/aromatic N) is 2. The maximum atomic E-state index is 13.0. The number of ketones is 1. The molecule has 0 bridgehead atoms. The van der Waals surface area contributed by atoms with Crippen LogP contribution in [0.5, 0.6) is 0 Å². The van der Waals surface area contributed by atoms with Gasteiger partial charge >= 0.3 is 0 Å². The van der Waals surface area contributed by atoms with E-state index in [9.17, 15) is 9.18 Å². The van der Waals surface area contributed by atoms with Crippen molar-refractivity contribution >= 4 is 5.78 Å². The predicted molar refractivity (Wildman–Crippen MR) is 114 cm³/mol. The lowest BCUT2D eigenvalue weighted by atomic mass is 10.1. The SMILES string of the molecule is CCOC(Cc1ccccc1)N1CCN(CCCC(=O)c2ccc(F)cc2)CC1. The molecular formula is C24H31FN2O2. The molecule has 29 heavy (non-hydrogen) atoms. The van der Waals surface area contributed by atoms with Crippen LogP contribution in [0.3, 0.4) is 0 Å². The summed E-state index contributed by atoms with van der Waals surface area (Å²) in [6.45, 7) is 7.60. The van der Waals surface area contributed by atoms with Gasteiger partial charge in [0.05, 0.1) is 0 Å². The van der Waals surface area contributed by atoms with E-state index >= 15 is 0 Å². The summed E-state index contributed by atoms with van der Waals surface area (Å²) in [5.41, 5.74) is 1.89. The molecule has 1 atom stereocenters.